The highest BCUT2D eigenvalue weighted by Crippen LogP contribution is 2.25. The first-order valence-corrected chi connectivity index (χ1v) is 12.9. The van der Waals surface area contributed by atoms with Gasteiger partial charge in [0.25, 0.3) is 5.91 Å². The van der Waals surface area contributed by atoms with Gasteiger partial charge in [0.05, 0.1) is 18.6 Å². The van der Waals surface area contributed by atoms with E-state index < -0.39 is 17.4 Å². The van der Waals surface area contributed by atoms with E-state index in [9.17, 15) is 18.8 Å². The van der Waals surface area contributed by atoms with Crippen molar-refractivity contribution in [1.29, 1.82) is 0 Å². The van der Waals surface area contributed by atoms with Gasteiger partial charge in [0.2, 0.25) is 11.8 Å². The standard InChI is InChI=1S/C27H32ClFN6O3/c1-27(2,3)24(26(38)31-11-13-34-12-10-30-22(36)16-34)32-25(37)23-20-14-18(28)6-9-21(20)35(33-23)15-17-4-7-19(29)8-5-17/h4-9,14,24H,10-13,15-16H2,1-3H3,(H,30,36)(H,31,38)(H,32,37). The minimum atomic E-state index is -0.837. The number of carbonyl (C=O) groups excluding carboxylic acids is 3. The molecule has 0 bridgehead atoms. The third-order valence-electron chi connectivity index (χ3n) is 6.42. The summed E-state index contributed by atoms with van der Waals surface area (Å²) in [6.45, 7) is 8.41. The van der Waals surface area contributed by atoms with Crippen molar-refractivity contribution in [2.24, 2.45) is 5.41 Å². The number of nitrogens with one attached hydrogen (secondary N) is 3. The Labute approximate surface area is 225 Å². The molecule has 1 unspecified atom stereocenters. The Bertz CT molecular complexity index is 1340. The number of aromatic nitrogens is 2. The van der Waals surface area contributed by atoms with Crippen LogP contribution in [0.5, 0.6) is 0 Å². The Balaban J connectivity index is 1.51. The van der Waals surface area contributed by atoms with Crippen LogP contribution in [0.1, 0.15) is 36.8 Å². The Hall–Kier alpha value is -3.50. The van der Waals surface area contributed by atoms with E-state index in [1.165, 1.54) is 12.1 Å². The summed E-state index contributed by atoms with van der Waals surface area (Å²) >= 11 is 6.24. The molecule has 3 N–H and O–H groups in total. The summed E-state index contributed by atoms with van der Waals surface area (Å²) in [6, 6.07) is 10.4. The molecule has 1 aromatic heterocycles. The van der Waals surface area contributed by atoms with Gasteiger partial charge in [-0.1, -0.05) is 44.5 Å². The molecular weight excluding hydrogens is 511 g/mol. The van der Waals surface area contributed by atoms with Gasteiger partial charge in [-0.3, -0.25) is 24.0 Å². The van der Waals surface area contributed by atoms with E-state index in [1.807, 2.05) is 25.7 Å². The van der Waals surface area contributed by atoms with E-state index >= 15 is 0 Å². The van der Waals surface area contributed by atoms with E-state index in [2.05, 4.69) is 21.0 Å². The highest BCUT2D eigenvalue weighted by Gasteiger charge is 2.34. The minimum absolute atomic E-state index is 0.0337. The van der Waals surface area contributed by atoms with Crippen molar-refractivity contribution in [2.75, 3.05) is 32.7 Å². The zero-order valence-electron chi connectivity index (χ0n) is 21.7. The summed E-state index contributed by atoms with van der Waals surface area (Å²) in [6.07, 6.45) is 0. The van der Waals surface area contributed by atoms with Crippen LogP contribution in [0.3, 0.4) is 0 Å². The molecule has 9 nitrogen and oxygen atoms in total. The van der Waals surface area contributed by atoms with Crippen LogP contribution in [0.4, 0.5) is 4.39 Å². The monoisotopic (exact) mass is 542 g/mol. The van der Waals surface area contributed by atoms with Crippen LogP contribution >= 0.6 is 11.6 Å². The maximum atomic E-state index is 13.5. The van der Waals surface area contributed by atoms with Crippen LogP contribution < -0.4 is 16.0 Å². The van der Waals surface area contributed by atoms with Gasteiger partial charge in [-0.2, -0.15) is 5.10 Å². The number of piperazine rings is 1. The zero-order chi connectivity index (χ0) is 27.4. The second-order valence-corrected chi connectivity index (χ2v) is 10.9. The summed E-state index contributed by atoms with van der Waals surface area (Å²) in [7, 11) is 0. The van der Waals surface area contributed by atoms with Gasteiger partial charge in [0, 0.05) is 36.6 Å². The highest BCUT2D eigenvalue weighted by molar-refractivity contribution is 6.31. The third-order valence-corrected chi connectivity index (χ3v) is 6.66. The van der Waals surface area contributed by atoms with Crippen LogP contribution in [0, 0.1) is 11.2 Å². The van der Waals surface area contributed by atoms with Crippen LogP contribution in [0.2, 0.25) is 5.02 Å². The highest BCUT2D eigenvalue weighted by atomic mass is 35.5. The summed E-state index contributed by atoms with van der Waals surface area (Å²) < 4.78 is 15.0. The predicted molar refractivity (Wildman–Crippen MR) is 143 cm³/mol. The topological polar surface area (TPSA) is 108 Å². The number of hydrogen-bond donors (Lipinski definition) is 3. The molecule has 1 aliphatic rings. The van der Waals surface area contributed by atoms with Crippen LogP contribution in [-0.2, 0) is 16.1 Å². The number of benzene rings is 2. The van der Waals surface area contributed by atoms with E-state index in [0.717, 1.165) is 12.1 Å². The maximum absolute atomic E-state index is 13.5. The van der Waals surface area contributed by atoms with Gasteiger partial charge in [0.1, 0.15) is 11.9 Å². The number of carbonyl (C=O) groups is 3. The molecule has 11 heteroatoms. The van der Waals surface area contributed by atoms with E-state index in [-0.39, 0.29) is 23.3 Å². The molecule has 0 radical (unpaired) electrons. The average molecular weight is 543 g/mol. The van der Waals surface area contributed by atoms with Crippen molar-refractivity contribution in [1.82, 2.24) is 30.6 Å². The summed E-state index contributed by atoms with van der Waals surface area (Å²) in [5.74, 6) is -1.19. The predicted octanol–water partition coefficient (Wildman–Crippen LogP) is 2.57. The van der Waals surface area contributed by atoms with E-state index in [4.69, 9.17) is 11.6 Å². The number of rotatable bonds is 8. The number of hydrogen-bond acceptors (Lipinski definition) is 5. The van der Waals surface area contributed by atoms with Crippen LogP contribution in [-0.4, -0.2) is 71.2 Å². The largest absolute Gasteiger partial charge is 0.354 e. The van der Waals surface area contributed by atoms with Gasteiger partial charge in [-0.15, -0.1) is 0 Å². The number of fused-ring (bicyclic) bond motifs is 1. The molecule has 38 heavy (non-hydrogen) atoms. The smallest absolute Gasteiger partial charge is 0.273 e. The Morgan fingerprint density at radius 2 is 1.92 bits per heavy atom. The molecule has 1 fully saturated rings. The lowest BCUT2D eigenvalue weighted by atomic mass is 9.86. The van der Waals surface area contributed by atoms with E-state index in [1.54, 1.807) is 35.0 Å². The SMILES string of the molecule is CC(C)(C)C(NC(=O)c1nn(Cc2ccc(F)cc2)c2ccc(Cl)cc12)C(=O)NCCN1CCNC(=O)C1. The average Bonchev–Trinajstić information content (AvgIpc) is 3.20. The molecule has 0 saturated carbocycles. The van der Waals surface area contributed by atoms with Gasteiger partial charge >= 0.3 is 0 Å². The maximum Gasteiger partial charge on any atom is 0.273 e. The molecule has 0 spiro atoms. The van der Waals surface area contributed by atoms with Crippen LogP contribution in [0.15, 0.2) is 42.5 Å². The van der Waals surface area contributed by atoms with E-state index in [0.29, 0.717) is 48.6 Å². The molecule has 2 aromatic carbocycles. The van der Waals surface area contributed by atoms with Gasteiger partial charge in [0.15, 0.2) is 5.69 Å². The first-order chi connectivity index (χ1) is 18.0. The second kappa shape index (κ2) is 11.5. The van der Waals surface area contributed by atoms with Crippen LogP contribution in [0.25, 0.3) is 10.9 Å². The number of nitrogens with zero attached hydrogens (tertiary/aromatic N) is 3. The van der Waals surface area contributed by atoms with Gasteiger partial charge < -0.3 is 16.0 Å². The lowest BCUT2D eigenvalue weighted by molar-refractivity contribution is -0.125. The van der Waals surface area contributed by atoms with Gasteiger partial charge in [-0.05, 0) is 41.3 Å². The lowest BCUT2D eigenvalue weighted by Gasteiger charge is -2.31. The first-order valence-electron chi connectivity index (χ1n) is 12.5. The fourth-order valence-corrected chi connectivity index (χ4v) is 4.57. The Morgan fingerprint density at radius 3 is 2.61 bits per heavy atom. The molecular formula is C27H32ClFN6O3. The summed E-state index contributed by atoms with van der Waals surface area (Å²) in [4.78, 5) is 40.2. The van der Waals surface area contributed by atoms with Gasteiger partial charge in [-0.25, -0.2) is 4.39 Å². The van der Waals surface area contributed by atoms with Crippen molar-refractivity contribution in [3.05, 3.63) is 64.6 Å². The molecule has 2 heterocycles. The summed E-state index contributed by atoms with van der Waals surface area (Å²) in [5, 5.41) is 14.1. The third kappa shape index (κ3) is 6.68. The molecule has 1 aliphatic heterocycles. The van der Waals surface area contributed by atoms with Crippen molar-refractivity contribution >= 4 is 40.2 Å². The lowest BCUT2D eigenvalue weighted by Crippen LogP contribution is -2.55. The van der Waals surface area contributed by atoms with Crippen molar-refractivity contribution in [3.8, 4) is 0 Å². The number of amides is 3. The minimum Gasteiger partial charge on any atom is -0.354 e. The fraction of sp³-hybridized carbons (Fsp3) is 0.407. The fourth-order valence-electron chi connectivity index (χ4n) is 4.40. The van der Waals surface area contributed by atoms with Crippen molar-refractivity contribution in [3.63, 3.8) is 0 Å². The quantitative estimate of drug-likeness (QED) is 0.405. The normalized spacial score (nSPS) is 15.2. The summed E-state index contributed by atoms with van der Waals surface area (Å²) in [5.41, 5.74) is 1.06. The second-order valence-electron chi connectivity index (χ2n) is 10.5. The molecule has 3 amide bonds. The Kier molecular flexibility index (Phi) is 8.32. The molecule has 1 atom stereocenters. The Morgan fingerprint density at radius 1 is 1.18 bits per heavy atom. The molecule has 3 aromatic rings. The molecule has 1 saturated heterocycles. The van der Waals surface area contributed by atoms with Crippen molar-refractivity contribution < 1.29 is 18.8 Å². The molecule has 202 valence electrons. The van der Waals surface area contributed by atoms with Crippen molar-refractivity contribution in [2.45, 2.75) is 33.4 Å². The number of halogens is 2. The molecule has 4 rings (SSSR count). The molecule has 0 aliphatic carbocycles. The first kappa shape index (κ1) is 27.5. The zero-order valence-corrected chi connectivity index (χ0v) is 22.4.